The Morgan fingerprint density at radius 3 is 2.26 bits per heavy atom. The monoisotopic (exact) mass is 472 g/mol. The van der Waals surface area contributed by atoms with E-state index in [2.05, 4.69) is 37.9 Å². The fourth-order valence-electron chi connectivity index (χ4n) is 3.84. The summed E-state index contributed by atoms with van der Waals surface area (Å²) < 4.78 is 38.4. The van der Waals surface area contributed by atoms with Gasteiger partial charge in [-0.15, -0.1) is 11.8 Å². The van der Waals surface area contributed by atoms with Gasteiger partial charge in [-0.3, -0.25) is 9.69 Å². The highest BCUT2D eigenvalue weighted by molar-refractivity contribution is 7.99. The minimum absolute atomic E-state index is 0.0230. The molecule has 0 bridgehead atoms. The number of nitrogens with zero attached hydrogens (tertiary/aromatic N) is 2. The molecular weight excluding hydrogens is 447 g/mol. The number of carbonyl (C=O) groups excluding carboxylic acids is 1. The molecule has 0 spiro atoms. The van der Waals surface area contributed by atoms with Crippen LogP contribution in [-0.4, -0.2) is 42.7 Å². The molecule has 1 N–H and O–H groups in total. The first kappa shape index (κ1) is 23.7. The number of nitrogens with one attached hydrogen (secondary N) is 1. The van der Waals surface area contributed by atoms with E-state index in [4.69, 9.17) is 11.6 Å². The topological polar surface area (TPSA) is 37.7 Å². The van der Waals surface area contributed by atoms with Crippen molar-refractivity contribution in [1.29, 1.82) is 0 Å². The number of pyridine rings is 1. The zero-order valence-electron chi connectivity index (χ0n) is 17.8. The van der Waals surface area contributed by atoms with Crippen LogP contribution in [0.25, 0.3) is 0 Å². The number of aryl methyl sites for hydroxylation is 3. The van der Waals surface area contributed by atoms with E-state index in [-0.39, 0.29) is 10.9 Å². The highest BCUT2D eigenvalue weighted by Gasteiger charge is 2.34. The number of halogens is 4. The van der Waals surface area contributed by atoms with Gasteiger partial charge in [0, 0.05) is 17.1 Å². The molecule has 1 aliphatic heterocycles. The van der Waals surface area contributed by atoms with E-state index in [9.17, 15) is 18.0 Å². The number of aromatic nitrogens is 1. The summed E-state index contributed by atoms with van der Waals surface area (Å²) in [7, 11) is 0. The van der Waals surface area contributed by atoms with Gasteiger partial charge >= 0.3 is 6.18 Å². The van der Waals surface area contributed by atoms with Crippen LogP contribution in [0.4, 0.5) is 19.0 Å². The summed E-state index contributed by atoms with van der Waals surface area (Å²) in [6.07, 6.45) is -3.08. The second kappa shape index (κ2) is 9.69. The molecule has 0 unspecified atom stereocenters. The van der Waals surface area contributed by atoms with Gasteiger partial charge < -0.3 is 4.90 Å². The lowest BCUT2D eigenvalue weighted by atomic mass is 10.1. The number of H-pyrrole nitrogens is 1. The number of hydrogen-bond acceptors (Lipinski definition) is 3. The summed E-state index contributed by atoms with van der Waals surface area (Å²) in [4.78, 5) is 20.2. The number of benzene rings is 1. The maximum atomic E-state index is 12.8. The molecule has 1 aromatic carbocycles. The highest BCUT2D eigenvalue weighted by Crippen LogP contribution is 2.32. The Balaban J connectivity index is 1.51. The van der Waals surface area contributed by atoms with E-state index < -0.39 is 11.7 Å². The Bertz CT molecular complexity index is 936. The Morgan fingerprint density at radius 1 is 1.10 bits per heavy atom. The number of hydrogen-bond donors (Lipinski definition) is 0. The first-order chi connectivity index (χ1) is 14.6. The van der Waals surface area contributed by atoms with E-state index >= 15 is 0 Å². The van der Waals surface area contributed by atoms with Crippen molar-refractivity contribution in [3.05, 3.63) is 51.7 Å². The van der Waals surface area contributed by atoms with Crippen LogP contribution in [0.15, 0.2) is 29.3 Å². The van der Waals surface area contributed by atoms with E-state index in [1.54, 1.807) is 11.8 Å². The zero-order chi connectivity index (χ0) is 22.8. The molecule has 0 radical (unpaired) electrons. The van der Waals surface area contributed by atoms with Crippen molar-refractivity contribution in [3.8, 4) is 0 Å². The lowest BCUT2D eigenvalue weighted by Gasteiger charge is -2.31. The number of carbonyl (C=O) groups is 1. The third-order valence-electron chi connectivity index (χ3n) is 5.32. The summed E-state index contributed by atoms with van der Waals surface area (Å²) in [5, 5.41) is 0.0230. The molecule has 0 aliphatic carbocycles. The van der Waals surface area contributed by atoms with Crippen molar-refractivity contribution in [2.24, 2.45) is 0 Å². The highest BCUT2D eigenvalue weighted by atomic mass is 35.5. The van der Waals surface area contributed by atoms with Gasteiger partial charge in [0.1, 0.15) is 24.3 Å². The van der Waals surface area contributed by atoms with Crippen LogP contribution >= 0.6 is 23.4 Å². The van der Waals surface area contributed by atoms with E-state index in [1.165, 1.54) is 21.6 Å². The number of anilines is 1. The summed E-state index contributed by atoms with van der Waals surface area (Å²) in [5.41, 5.74) is 2.88. The molecule has 168 valence electrons. The molecule has 1 fully saturated rings. The van der Waals surface area contributed by atoms with Crippen molar-refractivity contribution < 1.29 is 22.9 Å². The molecule has 31 heavy (non-hydrogen) atoms. The number of alkyl halides is 3. The van der Waals surface area contributed by atoms with Gasteiger partial charge in [0.25, 0.3) is 5.82 Å². The second-order valence-electron chi connectivity index (χ2n) is 7.78. The second-order valence-corrected chi connectivity index (χ2v) is 9.29. The van der Waals surface area contributed by atoms with Crippen LogP contribution < -0.4 is 9.88 Å². The quantitative estimate of drug-likeness (QED) is 0.579. The molecule has 2 heterocycles. The van der Waals surface area contributed by atoms with Crippen LogP contribution in [0.5, 0.6) is 0 Å². The predicted molar refractivity (Wildman–Crippen MR) is 118 cm³/mol. The summed E-state index contributed by atoms with van der Waals surface area (Å²) >= 11 is 7.78. The summed E-state index contributed by atoms with van der Waals surface area (Å²) in [6, 6.07) is 5.23. The van der Waals surface area contributed by atoms with Gasteiger partial charge in [0.05, 0.1) is 18.7 Å². The van der Waals surface area contributed by atoms with Gasteiger partial charge in [0.15, 0.2) is 0 Å². The Morgan fingerprint density at radius 2 is 1.71 bits per heavy atom. The normalized spacial score (nSPS) is 14.8. The van der Waals surface area contributed by atoms with Gasteiger partial charge in [-0.25, -0.2) is 4.98 Å². The lowest BCUT2D eigenvalue weighted by molar-refractivity contribution is -0.367. The first-order valence-corrected chi connectivity index (χ1v) is 11.4. The fraction of sp³-hybridized carbons (Fsp3) is 0.455. The van der Waals surface area contributed by atoms with Gasteiger partial charge in [0.2, 0.25) is 5.91 Å². The molecule has 9 heteroatoms. The molecule has 1 saturated heterocycles. The Kier molecular flexibility index (Phi) is 7.42. The molecule has 1 aromatic heterocycles. The van der Waals surface area contributed by atoms with Crippen molar-refractivity contribution in [3.63, 3.8) is 0 Å². The number of rotatable bonds is 5. The zero-order valence-corrected chi connectivity index (χ0v) is 19.3. The lowest BCUT2D eigenvalue weighted by Crippen LogP contribution is -2.50. The van der Waals surface area contributed by atoms with E-state index in [1.807, 2.05) is 9.80 Å². The number of aromatic amines is 1. The average Bonchev–Trinajstić information content (AvgIpc) is 2.69. The van der Waals surface area contributed by atoms with Gasteiger partial charge in [-0.2, -0.15) is 13.2 Å². The Hall–Kier alpha value is -1.93. The minimum Gasteiger partial charge on any atom is -0.335 e. The third kappa shape index (κ3) is 5.86. The van der Waals surface area contributed by atoms with Crippen molar-refractivity contribution in [2.45, 2.75) is 38.3 Å². The predicted octanol–water partition coefficient (Wildman–Crippen LogP) is 4.93. The number of piperazine rings is 1. The molecular formula is C22H26ClF3N3OS+. The van der Waals surface area contributed by atoms with Crippen molar-refractivity contribution in [1.82, 2.24) is 4.90 Å². The van der Waals surface area contributed by atoms with Gasteiger partial charge in [-0.05, 0) is 38.0 Å². The number of thioether (sulfide) groups is 1. The van der Waals surface area contributed by atoms with Crippen LogP contribution in [0.1, 0.15) is 28.7 Å². The standard InChI is InChI=1S/C22H25ClF3N3OS/c1-14-10-15(2)20(16(3)11-14)31-9-4-19(30)28-5-7-29(8-6-28)21-18(23)12-17(13-27-21)22(24,25)26/h10-13H,4-9H2,1-3H3/p+1. The van der Waals surface area contributed by atoms with E-state index in [0.29, 0.717) is 44.2 Å². The van der Waals surface area contributed by atoms with Crippen LogP contribution in [0.2, 0.25) is 5.02 Å². The third-order valence-corrected chi connectivity index (χ3v) is 6.94. The van der Waals surface area contributed by atoms with Crippen LogP contribution in [0, 0.1) is 20.8 Å². The van der Waals surface area contributed by atoms with Crippen LogP contribution in [-0.2, 0) is 11.0 Å². The van der Waals surface area contributed by atoms with Gasteiger partial charge in [-0.1, -0.05) is 29.3 Å². The maximum Gasteiger partial charge on any atom is 0.419 e. The average molecular weight is 473 g/mol. The molecule has 4 nitrogen and oxygen atoms in total. The smallest absolute Gasteiger partial charge is 0.335 e. The maximum absolute atomic E-state index is 12.8. The minimum atomic E-state index is -4.45. The molecule has 0 saturated carbocycles. The van der Waals surface area contributed by atoms with Crippen molar-refractivity contribution >= 4 is 35.1 Å². The molecule has 1 aliphatic rings. The fourth-order valence-corrected chi connectivity index (χ4v) is 5.19. The number of amides is 1. The summed E-state index contributed by atoms with van der Waals surface area (Å²) in [5.74, 6) is 1.25. The largest absolute Gasteiger partial charge is 0.419 e. The van der Waals surface area contributed by atoms with Crippen molar-refractivity contribution in [2.75, 3.05) is 36.8 Å². The molecule has 1 amide bonds. The van der Waals surface area contributed by atoms with Crippen LogP contribution in [0.3, 0.4) is 0 Å². The van der Waals surface area contributed by atoms with E-state index in [0.717, 1.165) is 12.3 Å². The molecule has 0 atom stereocenters. The SMILES string of the molecule is Cc1cc(C)c(SCCC(=O)N2CCN(c3[nH+]cc(C(F)(F)F)cc3Cl)CC2)c(C)c1. The molecule has 3 rings (SSSR count). The Labute approximate surface area is 189 Å². The molecule has 2 aromatic rings. The first-order valence-electron chi connectivity index (χ1n) is 10.1. The summed E-state index contributed by atoms with van der Waals surface area (Å²) in [6.45, 7) is 8.30.